The molecule has 8 heteroatoms. The molecule has 0 unspecified atom stereocenters. The van der Waals surface area contributed by atoms with Crippen LogP contribution in [0.1, 0.15) is 5.69 Å². The molecule has 0 bridgehead atoms. The zero-order chi connectivity index (χ0) is 12.0. The summed E-state index contributed by atoms with van der Waals surface area (Å²) in [7, 11) is 0. The minimum absolute atomic E-state index is 0.0670. The first-order chi connectivity index (χ1) is 7.63. The van der Waals surface area contributed by atoms with Gasteiger partial charge in [-0.15, -0.1) is 0 Å². The Morgan fingerprint density at radius 3 is 2.69 bits per heavy atom. The average Bonchev–Trinajstić information content (AvgIpc) is 2.68. The van der Waals surface area contributed by atoms with Crippen LogP contribution in [0.5, 0.6) is 0 Å². The number of thiazole rings is 1. The van der Waals surface area contributed by atoms with Gasteiger partial charge in [0.15, 0.2) is 0 Å². The van der Waals surface area contributed by atoms with Gasteiger partial charge in [-0.25, -0.2) is 0 Å². The monoisotopic (exact) mass is 240 g/mol. The van der Waals surface area contributed by atoms with Crippen molar-refractivity contribution < 1.29 is 9.59 Å². The van der Waals surface area contributed by atoms with Crippen LogP contribution in [0.4, 0.5) is 0 Å². The Balaban J connectivity index is 2.38. The highest BCUT2D eigenvalue weighted by molar-refractivity contribution is 7.07. The van der Waals surface area contributed by atoms with Crippen molar-refractivity contribution in [2.24, 2.45) is 0 Å². The van der Waals surface area contributed by atoms with Crippen molar-refractivity contribution in [3.63, 3.8) is 0 Å². The molecule has 1 rings (SSSR count). The molecule has 0 aliphatic heterocycles. The van der Waals surface area contributed by atoms with Gasteiger partial charge in [0.1, 0.15) is 6.54 Å². The lowest BCUT2D eigenvalue weighted by Crippen LogP contribution is -2.39. The first-order valence-electron chi connectivity index (χ1n) is 4.23. The summed E-state index contributed by atoms with van der Waals surface area (Å²) in [4.78, 5) is 35.1. The molecule has 16 heavy (non-hydrogen) atoms. The number of H-pyrrole nitrogens is 1. The van der Waals surface area contributed by atoms with Crippen LogP contribution in [-0.4, -0.2) is 23.3 Å². The predicted molar refractivity (Wildman–Crippen MR) is 55.4 cm³/mol. The number of amides is 2. The van der Waals surface area contributed by atoms with E-state index in [4.69, 9.17) is 5.26 Å². The second-order valence-corrected chi connectivity index (χ2v) is 3.54. The Morgan fingerprint density at radius 2 is 2.12 bits per heavy atom. The van der Waals surface area contributed by atoms with E-state index in [9.17, 15) is 14.4 Å². The average molecular weight is 240 g/mol. The summed E-state index contributed by atoms with van der Waals surface area (Å²) in [5.41, 5.74) is 0.524. The van der Waals surface area contributed by atoms with Gasteiger partial charge < -0.3 is 15.6 Å². The van der Waals surface area contributed by atoms with Gasteiger partial charge in [-0.1, -0.05) is 11.3 Å². The highest BCUT2D eigenvalue weighted by Gasteiger charge is 2.12. The van der Waals surface area contributed by atoms with E-state index in [0.717, 1.165) is 11.3 Å². The second kappa shape index (κ2) is 5.67. The molecule has 0 aliphatic rings. The zero-order valence-electron chi connectivity index (χ0n) is 8.07. The molecule has 0 aromatic carbocycles. The van der Waals surface area contributed by atoms with Gasteiger partial charge in [0.05, 0.1) is 12.6 Å². The van der Waals surface area contributed by atoms with Gasteiger partial charge >= 0.3 is 16.7 Å². The van der Waals surface area contributed by atoms with Crippen molar-refractivity contribution in [1.29, 1.82) is 5.26 Å². The smallest absolute Gasteiger partial charge is 0.310 e. The summed E-state index contributed by atoms with van der Waals surface area (Å²) in [6.07, 6.45) is 0. The Bertz CT molecular complexity index is 484. The predicted octanol–water partition coefficient (Wildman–Crippen LogP) is -1.31. The highest BCUT2D eigenvalue weighted by atomic mass is 32.1. The van der Waals surface area contributed by atoms with Crippen molar-refractivity contribution in [3.8, 4) is 6.07 Å². The molecule has 3 N–H and O–H groups in total. The molecule has 0 saturated carbocycles. The number of nitrogens with one attached hydrogen (secondary N) is 3. The van der Waals surface area contributed by atoms with E-state index in [0.29, 0.717) is 5.69 Å². The maximum absolute atomic E-state index is 11.1. The number of carbonyl (C=O) groups excluding carboxylic acids is 2. The molecule has 0 atom stereocenters. The second-order valence-electron chi connectivity index (χ2n) is 2.70. The lowest BCUT2D eigenvalue weighted by Gasteiger charge is -2.02. The standard InChI is InChI=1S/C8H8N4O3S/c9-1-2-10-6(13)7(14)11-3-5-4-16-8(15)12-5/h4H,2-3H2,(H,10,13)(H,11,14)(H,12,15). The van der Waals surface area contributed by atoms with E-state index >= 15 is 0 Å². The minimum atomic E-state index is -0.876. The molecule has 7 nitrogen and oxygen atoms in total. The van der Waals surface area contributed by atoms with Crippen molar-refractivity contribution in [3.05, 3.63) is 20.7 Å². The number of aromatic nitrogens is 1. The summed E-state index contributed by atoms with van der Waals surface area (Å²) >= 11 is 0.972. The van der Waals surface area contributed by atoms with Crippen molar-refractivity contribution >= 4 is 23.2 Å². The van der Waals surface area contributed by atoms with Gasteiger partial charge in [0.25, 0.3) is 0 Å². The molecule has 84 valence electrons. The quantitative estimate of drug-likeness (QED) is 0.449. The Morgan fingerprint density at radius 1 is 1.44 bits per heavy atom. The topological polar surface area (TPSA) is 115 Å². The van der Waals surface area contributed by atoms with E-state index in [1.165, 1.54) is 0 Å². The number of nitriles is 1. The van der Waals surface area contributed by atoms with Crippen LogP contribution in [0.3, 0.4) is 0 Å². The molecular weight excluding hydrogens is 232 g/mol. The van der Waals surface area contributed by atoms with Crippen molar-refractivity contribution in [1.82, 2.24) is 15.6 Å². The highest BCUT2D eigenvalue weighted by Crippen LogP contribution is 1.93. The normalized spacial score (nSPS) is 9.19. The molecule has 2 amide bonds. The number of rotatable bonds is 3. The molecule has 0 radical (unpaired) electrons. The van der Waals surface area contributed by atoms with Crippen LogP contribution < -0.4 is 15.5 Å². The number of nitrogens with zero attached hydrogens (tertiary/aromatic N) is 1. The van der Waals surface area contributed by atoms with Gasteiger partial charge in [-0.3, -0.25) is 14.4 Å². The molecule has 0 spiro atoms. The van der Waals surface area contributed by atoms with E-state index in [1.807, 2.05) is 0 Å². The summed E-state index contributed by atoms with van der Waals surface area (Å²) in [5, 5.41) is 14.1. The van der Waals surface area contributed by atoms with E-state index < -0.39 is 11.8 Å². The molecule has 0 saturated heterocycles. The summed E-state index contributed by atoms with van der Waals surface area (Å²) < 4.78 is 0. The van der Waals surface area contributed by atoms with Gasteiger partial charge in [-0.2, -0.15) is 5.26 Å². The molecular formula is C8H8N4O3S. The molecule has 1 heterocycles. The SMILES string of the molecule is N#CCNC(=O)C(=O)NCc1csc(=O)[nH]1. The minimum Gasteiger partial charge on any atom is -0.342 e. The summed E-state index contributed by atoms with van der Waals surface area (Å²) in [5.74, 6) is -1.72. The molecule has 0 fully saturated rings. The third-order valence-corrected chi connectivity index (χ3v) is 2.26. The third-order valence-electron chi connectivity index (χ3n) is 1.54. The Hall–Kier alpha value is -2.14. The van der Waals surface area contributed by atoms with Crippen LogP contribution in [0.15, 0.2) is 10.2 Å². The van der Waals surface area contributed by atoms with Crippen LogP contribution in [0, 0.1) is 11.3 Å². The molecule has 0 aliphatic carbocycles. The largest absolute Gasteiger partial charge is 0.342 e. The fourth-order valence-corrected chi connectivity index (χ4v) is 1.44. The summed E-state index contributed by atoms with van der Waals surface area (Å²) in [6, 6.07) is 1.67. The van der Waals surface area contributed by atoms with Crippen LogP contribution >= 0.6 is 11.3 Å². The van der Waals surface area contributed by atoms with Gasteiger partial charge in [-0.05, 0) is 0 Å². The lowest BCUT2D eigenvalue weighted by molar-refractivity contribution is -0.139. The van der Waals surface area contributed by atoms with Crippen LogP contribution in [0.2, 0.25) is 0 Å². The molecule has 1 aromatic heterocycles. The number of hydrogen-bond acceptors (Lipinski definition) is 5. The first-order valence-corrected chi connectivity index (χ1v) is 5.11. The van der Waals surface area contributed by atoms with E-state index in [1.54, 1.807) is 11.4 Å². The number of aromatic amines is 1. The number of carbonyl (C=O) groups is 2. The first kappa shape index (κ1) is 11.9. The fourth-order valence-electron chi connectivity index (χ4n) is 0.856. The van der Waals surface area contributed by atoms with Crippen molar-refractivity contribution in [2.45, 2.75) is 6.54 Å². The Kier molecular flexibility index (Phi) is 4.23. The maximum Gasteiger partial charge on any atom is 0.310 e. The van der Waals surface area contributed by atoms with E-state index in [-0.39, 0.29) is 18.0 Å². The third kappa shape index (κ3) is 3.55. The van der Waals surface area contributed by atoms with Crippen molar-refractivity contribution in [2.75, 3.05) is 6.54 Å². The fraction of sp³-hybridized carbons (Fsp3) is 0.250. The van der Waals surface area contributed by atoms with Gasteiger partial charge in [0.2, 0.25) is 0 Å². The number of hydrogen-bond donors (Lipinski definition) is 3. The Labute approximate surface area is 94.1 Å². The lowest BCUT2D eigenvalue weighted by atomic mass is 10.4. The van der Waals surface area contributed by atoms with Crippen LogP contribution in [-0.2, 0) is 16.1 Å². The summed E-state index contributed by atoms with van der Waals surface area (Å²) in [6.45, 7) is -0.154. The molecule has 1 aromatic rings. The van der Waals surface area contributed by atoms with Gasteiger partial charge in [0, 0.05) is 11.1 Å². The van der Waals surface area contributed by atoms with E-state index in [2.05, 4.69) is 15.6 Å². The maximum atomic E-state index is 11.1. The van der Waals surface area contributed by atoms with Crippen LogP contribution in [0.25, 0.3) is 0 Å². The zero-order valence-corrected chi connectivity index (χ0v) is 8.89.